The molecular weight excluding hydrogens is 434 g/mol. The van der Waals surface area contributed by atoms with Gasteiger partial charge in [0.15, 0.2) is 0 Å². The number of amides is 1. The van der Waals surface area contributed by atoms with Crippen LogP contribution in [0.15, 0.2) is 36.5 Å². The Balaban J connectivity index is 0.000000297. The lowest BCUT2D eigenvalue weighted by atomic mass is 9.72. The molecule has 2 aliphatic carbocycles. The van der Waals surface area contributed by atoms with Gasteiger partial charge in [0, 0.05) is 53.8 Å². The highest BCUT2D eigenvalue weighted by atomic mass is 16.4. The van der Waals surface area contributed by atoms with Crippen LogP contribution < -0.4 is 5.32 Å². The normalized spacial score (nSPS) is 24.8. The molecule has 0 spiro atoms. The minimum Gasteiger partial charge on any atom is -0.478 e. The second-order valence-corrected chi connectivity index (χ2v) is 9.69. The highest BCUT2D eigenvalue weighted by Gasteiger charge is 2.41. The fourth-order valence-electron chi connectivity index (χ4n) is 5.84. The largest absolute Gasteiger partial charge is 0.478 e. The Hall–Kier alpha value is -3.13. The first kappa shape index (κ1) is 24.0. The van der Waals surface area contributed by atoms with Crippen LogP contribution >= 0.6 is 0 Å². The maximum atomic E-state index is 13.0. The Kier molecular flexibility index (Phi) is 7.36. The zero-order valence-electron chi connectivity index (χ0n) is 19.5. The first-order chi connectivity index (χ1) is 16.3. The van der Waals surface area contributed by atoms with Gasteiger partial charge in [-0.2, -0.15) is 0 Å². The van der Waals surface area contributed by atoms with E-state index in [1.165, 1.54) is 41.3 Å². The molecule has 1 aromatic carbocycles. The summed E-state index contributed by atoms with van der Waals surface area (Å²) in [5, 5.41) is 20.4. The number of fused-ring (bicyclic) bond motifs is 2. The van der Waals surface area contributed by atoms with Crippen LogP contribution in [0.4, 0.5) is 0 Å². The highest BCUT2D eigenvalue weighted by molar-refractivity contribution is 5.90. The van der Waals surface area contributed by atoms with Crippen molar-refractivity contribution < 1.29 is 24.6 Å². The van der Waals surface area contributed by atoms with E-state index in [4.69, 9.17) is 10.2 Å². The number of aromatic nitrogens is 1. The predicted molar refractivity (Wildman–Crippen MR) is 129 cm³/mol. The number of nitrogens with one attached hydrogen (secondary N) is 2. The van der Waals surface area contributed by atoms with Gasteiger partial charge in [-0.25, -0.2) is 9.59 Å². The molecule has 5 rings (SSSR count). The first-order valence-electron chi connectivity index (χ1n) is 12.1. The van der Waals surface area contributed by atoms with Crippen molar-refractivity contribution in [1.82, 2.24) is 15.2 Å². The van der Waals surface area contributed by atoms with Crippen LogP contribution in [0, 0.1) is 5.92 Å². The first-order valence-corrected chi connectivity index (χ1v) is 12.1. The Labute approximate surface area is 199 Å². The number of rotatable bonds is 4. The number of likely N-dealkylation sites (N-methyl/N-ethyl adjacent to an activating group) is 1. The van der Waals surface area contributed by atoms with E-state index in [9.17, 15) is 14.4 Å². The number of carboxylic acid groups (broad SMARTS) is 2. The van der Waals surface area contributed by atoms with Crippen LogP contribution in [0.1, 0.15) is 55.6 Å². The molecular formula is C26H33N3O5. The van der Waals surface area contributed by atoms with E-state index >= 15 is 0 Å². The molecule has 1 saturated heterocycles. The number of carbonyl (C=O) groups is 3. The third-order valence-electron chi connectivity index (χ3n) is 7.42. The van der Waals surface area contributed by atoms with Gasteiger partial charge in [-0.1, -0.05) is 31.4 Å². The molecule has 182 valence electrons. The number of piperidine rings is 1. The molecule has 34 heavy (non-hydrogen) atoms. The highest BCUT2D eigenvalue weighted by Crippen LogP contribution is 2.44. The van der Waals surface area contributed by atoms with E-state index in [0.717, 1.165) is 32.2 Å². The van der Waals surface area contributed by atoms with Gasteiger partial charge < -0.3 is 25.4 Å². The summed E-state index contributed by atoms with van der Waals surface area (Å²) in [5.74, 6) is -1.66. The maximum Gasteiger partial charge on any atom is 0.328 e. The number of likely N-dealkylation sites (tertiary alicyclic amines) is 1. The van der Waals surface area contributed by atoms with Crippen molar-refractivity contribution in [3.05, 3.63) is 47.7 Å². The zero-order chi connectivity index (χ0) is 24.2. The summed E-state index contributed by atoms with van der Waals surface area (Å²) in [6.45, 7) is 0.884. The SMILES string of the molecule is CN1CC(C(=O)NC2CCCCC2)CC2c3cccc4[nH]cc(c34)CC21.O=C(O)C=CC(=O)O. The number of hydrogen-bond donors (Lipinski definition) is 4. The molecule has 4 N–H and O–H groups in total. The molecule has 3 atom stereocenters. The third-order valence-corrected chi connectivity index (χ3v) is 7.42. The Morgan fingerprint density at radius 1 is 1.09 bits per heavy atom. The lowest BCUT2D eigenvalue weighted by Gasteiger charge is -2.45. The topological polar surface area (TPSA) is 123 Å². The second-order valence-electron chi connectivity index (χ2n) is 9.69. The van der Waals surface area contributed by atoms with Crippen molar-refractivity contribution in [2.45, 2.75) is 62.9 Å². The summed E-state index contributed by atoms with van der Waals surface area (Å²) < 4.78 is 0. The standard InChI is InChI=1S/C22H29N3O.C4H4O4/c1-25-13-15(22(26)24-16-6-3-2-4-7-16)10-18-17-8-5-9-19-21(17)14(12-23-19)11-20(18)25;5-3(6)1-2-4(7)8/h5,8-9,12,15-16,18,20,23H,2-4,6-7,10-11,13H2,1H3,(H,24,26);1-2H,(H,5,6)(H,7,8). The summed E-state index contributed by atoms with van der Waals surface area (Å²) in [4.78, 5) is 38.0. The van der Waals surface area contributed by atoms with Gasteiger partial charge in [0.05, 0.1) is 5.92 Å². The van der Waals surface area contributed by atoms with Crippen LogP contribution in [-0.2, 0) is 20.8 Å². The fourth-order valence-corrected chi connectivity index (χ4v) is 5.84. The average Bonchev–Trinajstić information content (AvgIpc) is 3.23. The molecule has 2 heterocycles. The van der Waals surface area contributed by atoms with Gasteiger partial charge in [0.25, 0.3) is 0 Å². The number of carbonyl (C=O) groups excluding carboxylic acids is 1. The molecule has 3 aliphatic rings. The van der Waals surface area contributed by atoms with E-state index in [0.29, 0.717) is 30.2 Å². The smallest absolute Gasteiger partial charge is 0.328 e. The number of H-pyrrole nitrogens is 1. The molecule has 1 amide bonds. The number of aliphatic carboxylic acids is 2. The summed E-state index contributed by atoms with van der Waals surface area (Å²) in [5.41, 5.74) is 4.12. The summed E-state index contributed by atoms with van der Waals surface area (Å²) in [7, 11) is 2.20. The molecule has 8 nitrogen and oxygen atoms in total. The van der Waals surface area contributed by atoms with E-state index in [-0.39, 0.29) is 11.8 Å². The Bertz CT molecular complexity index is 1070. The van der Waals surface area contributed by atoms with E-state index in [1.54, 1.807) is 0 Å². The molecule has 1 saturated carbocycles. The quantitative estimate of drug-likeness (QED) is 0.512. The Morgan fingerprint density at radius 2 is 1.79 bits per heavy atom. The maximum absolute atomic E-state index is 13.0. The van der Waals surface area contributed by atoms with Gasteiger partial charge >= 0.3 is 11.9 Å². The van der Waals surface area contributed by atoms with Crippen molar-refractivity contribution in [3.63, 3.8) is 0 Å². The van der Waals surface area contributed by atoms with Crippen LogP contribution in [0.2, 0.25) is 0 Å². The molecule has 3 unspecified atom stereocenters. The molecule has 2 aromatic rings. The number of hydrogen-bond acceptors (Lipinski definition) is 4. The summed E-state index contributed by atoms with van der Waals surface area (Å²) >= 11 is 0. The van der Waals surface area contributed by atoms with E-state index in [2.05, 4.69) is 46.6 Å². The number of nitrogens with zero attached hydrogens (tertiary/aromatic N) is 1. The van der Waals surface area contributed by atoms with Gasteiger partial charge in [0.1, 0.15) is 0 Å². The molecule has 0 bridgehead atoms. The summed E-state index contributed by atoms with van der Waals surface area (Å²) in [6.07, 6.45) is 11.5. The molecule has 0 radical (unpaired) electrons. The van der Waals surface area contributed by atoms with Crippen molar-refractivity contribution in [2.24, 2.45) is 5.92 Å². The number of aromatic amines is 1. The van der Waals surface area contributed by atoms with Gasteiger partial charge in [-0.05, 0) is 49.9 Å². The number of benzene rings is 1. The van der Waals surface area contributed by atoms with Crippen molar-refractivity contribution in [2.75, 3.05) is 13.6 Å². The second kappa shape index (κ2) is 10.4. The summed E-state index contributed by atoms with van der Waals surface area (Å²) in [6, 6.07) is 7.54. The van der Waals surface area contributed by atoms with Crippen LogP contribution in [-0.4, -0.2) is 63.6 Å². The van der Waals surface area contributed by atoms with Crippen molar-refractivity contribution in [1.29, 1.82) is 0 Å². The fraction of sp³-hybridized carbons (Fsp3) is 0.500. The van der Waals surface area contributed by atoms with Crippen LogP contribution in [0.5, 0.6) is 0 Å². The minimum atomic E-state index is -1.26. The molecule has 1 aromatic heterocycles. The van der Waals surface area contributed by atoms with E-state index < -0.39 is 11.9 Å². The van der Waals surface area contributed by atoms with Crippen LogP contribution in [0.25, 0.3) is 10.9 Å². The van der Waals surface area contributed by atoms with Crippen molar-refractivity contribution >= 4 is 28.7 Å². The zero-order valence-corrected chi connectivity index (χ0v) is 19.5. The van der Waals surface area contributed by atoms with Gasteiger partial charge in [-0.15, -0.1) is 0 Å². The molecule has 1 aliphatic heterocycles. The lowest BCUT2D eigenvalue weighted by molar-refractivity contribution is -0.134. The van der Waals surface area contributed by atoms with Crippen LogP contribution in [0.3, 0.4) is 0 Å². The van der Waals surface area contributed by atoms with Crippen molar-refractivity contribution in [3.8, 4) is 0 Å². The van der Waals surface area contributed by atoms with E-state index in [1.807, 2.05) is 0 Å². The predicted octanol–water partition coefficient (Wildman–Crippen LogP) is 3.29. The molecule has 8 heteroatoms. The Morgan fingerprint density at radius 3 is 2.47 bits per heavy atom. The monoisotopic (exact) mass is 467 g/mol. The third kappa shape index (κ3) is 5.33. The van der Waals surface area contributed by atoms with Gasteiger partial charge in [-0.3, -0.25) is 4.79 Å². The number of carboxylic acids is 2. The minimum absolute atomic E-state index is 0.110. The molecule has 2 fully saturated rings. The lowest BCUT2D eigenvalue weighted by Crippen LogP contribution is -2.52. The average molecular weight is 468 g/mol. The van der Waals surface area contributed by atoms with Gasteiger partial charge in [0.2, 0.25) is 5.91 Å².